The minimum Gasteiger partial charge on any atom is -0.379 e. The number of nitrogens with one attached hydrogen (secondary N) is 2. The molecule has 2 amide bonds. The summed E-state index contributed by atoms with van der Waals surface area (Å²) >= 11 is 1.33. The summed E-state index contributed by atoms with van der Waals surface area (Å²) in [5, 5.41) is 6.72. The van der Waals surface area contributed by atoms with E-state index < -0.39 is 5.41 Å². The molecule has 2 rings (SSSR count). The summed E-state index contributed by atoms with van der Waals surface area (Å²) in [6, 6.07) is 1.87. The first-order valence-corrected chi connectivity index (χ1v) is 10.4. The first-order chi connectivity index (χ1) is 12.6. The van der Waals surface area contributed by atoms with E-state index in [2.05, 4.69) is 29.4 Å². The Kier molecular flexibility index (Phi) is 7.05. The number of nitrogens with zero attached hydrogens (tertiary/aromatic N) is 1. The van der Waals surface area contributed by atoms with Gasteiger partial charge in [0.25, 0.3) is 5.91 Å². The molecular weight excluding hydrogens is 362 g/mol. The summed E-state index contributed by atoms with van der Waals surface area (Å²) in [7, 11) is 0. The number of thiophene rings is 1. The average Bonchev–Trinajstić information content (AvgIpc) is 2.99. The molecule has 1 saturated heterocycles. The van der Waals surface area contributed by atoms with Gasteiger partial charge in [0.15, 0.2) is 0 Å². The maximum Gasteiger partial charge on any atom is 0.261 e. The molecule has 1 aliphatic heterocycles. The normalized spacial score (nSPS) is 18.0. The van der Waals surface area contributed by atoms with Crippen molar-refractivity contribution >= 4 is 28.2 Å². The average molecular weight is 396 g/mol. The Morgan fingerprint density at radius 1 is 1.22 bits per heavy atom. The summed E-state index contributed by atoms with van der Waals surface area (Å²) in [5.74, 6) is -0.136. The zero-order chi connectivity index (χ0) is 20.2. The smallest absolute Gasteiger partial charge is 0.261 e. The Balaban J connectivity index is 2.02. The third-order valence-electron chi connectivity index (χ3n) is 5.21. The van der Waals surface area contributed by atoms with Gasteiger partial charge in [-0.1, -0.05) is 27.7 Å². The summed E-state index contributed by atoms with van der Waals surface area (Å²) in [4.78, 5) is 28.0. The van der Waals surface area contributed by atoms with Crippen LogP contribution < -0.4 is 10.6 Å². The lowest BCUT2D eigenvalue weighted by molar-refractivity contribution is -0.123. The molecule has 1 fully saturated rings. The van der Waals surface area contributed by atoms with Gasteiger partial charge >= 0.3 is 0 Å². The largest absolute Gasteiger partial charge is 0.379 e. The van der Waals surface area contributed by atoms with Gasteiger partial charge < -0.3 is 15.4 Å². The standard InChI is InChI=1S/C20H33N3O3S/c1-7-20(6,23-8-10-26-11-9-23)13-21-17(24)16-14(2)12-15(27-16)22-18(25)19(3,4)5/h12H,7-11,13H2,1-6H3,(H,21,24)(H,22,25). The Morgan fingerprint density at radius 3 is 2.41 bits per heavy atom. The highest BCUT2D eigenvalue weighted by Crippen LogP contribution is 2.29. The van der Waals surface area contributed by atoms with Crippen LogP contribution in [0.5, 0.6) is 0 Å². The fraction of sp³-hybridized carbons (Fsp3) is 0.700. The molecule has 6 nitrogen and oxygen atoms in total. The lowest BCUT2D eigenvalue weighted by Crippen LogP contribution is -2.56. The zero-order valence-corrected chi connectivity index (χ0v) is 18.2. The number of ether oxygens (including phenoxy) is 1. The van der Waals surface area contributed by atoms with Crippen molar-refractivity contribution in [2.45, 2.75) is 53.5 Å². The second kappa shape index (κ2) is 8.71. The Hall–Kier alpha value is -1.44. The van der Waals surface area contributed by atoms with E-state index in [-0.39, 0.29) is 17.4 Å². The maximum absolute atomic E-state index is 12.8. The van der Waals surface area contributed by atoms with Crippen molar-refractivity contribution in [3.8, 4) is 0 Å². The van der Waals surface area contributed by atoms with Crippen LogP contribution in [-0.4, -0.2) is 55.1 Å². The molecule has 0 spiro atoms. The van der Waals surface area contributed by atoms with Crippen LogP contribution in [0.25, 0.3) is 0 Å². The van der Waals surface area contributed by atoms with Crippen LogP contribution in [0.15, 0.2) is 6.07 Å². The lowest BCUT2D eigenvalue weighted by atomic mass is 9.95. The predicted molar refractivity (Wildman–Crippen MR) is 111 cm³/mol. The number of anilines is 1. The monoisotopic (exact) mass is 395 g/mol. The fourth-order valence-electron chi connectivity index (χ4n) is 2.98. The molecule has 1 aromatic rings. The molecule has 2 N–H and O–H groups in total. The molecular formula is C20H33N3O3S. The molecule has 1 aliphatic rings. The molecule has 0 bridgehead atoms. The molecule has 0 saturated carbocycles. The van der Waals surface area contributed by atoms with Crippen LogP contribution in [0.2, 0.25) is 0 Å². The number of carbonyl (C=O) groups excluding carboxylic acids is 2. The van der Waals surface area contributed by atoms with Crippen molar-refractivity contribution in [3.63, 3.8) is 0 Å². The number of rotatable bonds is 6. The van der Waals surface area contributed by atoms with Crippen molar-refractivity contribution < 1.29 is 14.3 Å². The van der Waals surface area contributed by atoms with Gasteiger partial charge in [-0.05, 0) is 31.9 Å². The molecule has 1 aromatic heterocycles. The number of hydrogen-bond donors (Lipinski definition) is 2. The summed E-state index contributed by atoms with van der Waals surface area (Å²) in [6.07, 6.45) is 0.948. The third kappa shape index (κ3) is 5.53. The van der Waals surface area contributed by atoms with E-state index in [4.69, 9.17) is 4.74 Å². The van der Waals surface area contributed by atoms with Crippen LogP contribution in [0, 0.1) is 12.3 Å². The lowest BCUT2D eigenvalue weighted by Gasteiger charge is -2.43. The van der Waals surface area contributed by atoms with E-state index in [1.54, 1.807) is 0 Å². The van der Waals surface area contributed by atoms with Crippen molar-refractivity contribution in [1.29, 1.82) is 0 Å². The highest BCUT2D eigenvalue weighted by molar-refractivity contribution is 7.18. The Morgan fingerprint density at radius 2 is 1.85 bits per heavy atom. The maximum atomic E-state index is 12.8. The summed E-state index contributed by atoms with van der Waals surface area (Å²) in [6.45, 7) is 15.7. The van der Waals surface area contributed by atoms with Crippen LogP contribution in [0.1, 0.15) is 56.3 Å². The van der Waals surface area contributed by atoms with Crippen LogP contribution in [0.4, 0.5) is 5.00 Å². The van der Waals surface area contributed by atoms with Crippen LogP contribution in [0.3, 0.4) is 0 Å². The quantitative estimate of drug-likeness (QED) is 0.776. The zero-order valence-electron chi connectivity index (χ0n) is 17.4. The van der Waals surface area contributed by atoms with Crippen LogP contribution in [-0.2, 0) is 9.53 Å². The van der Waals surface area contributed by atoms with E-state index >= 15 is 0 Å². The van der Waals surface area contributed by atoms with Crippen molar-refractivity contribution in [2.24, 2.45) is 5.41 Å². The van der Waals surface area contributed by atoms with Gasteiger partial charge in [-0.15, -0.1) is 11.3 Å². The summed E-state index contributed by atoms with van der Waals surface area (Å²) < 4.78 is 5.45. The fourth-order valence-corrected chi connectivity index (χ4v) is 3.97. The molecule has 2 heterocycles. The second-order valence-electron chi connectivity index (χ2n) is 8.46. The van der Waals surface area contributed by atoms with Gasteiger partial charge in [0.2, 0.25) is 5.91 Å². The molecule has 1 atom stereocenters. The van der Waals surface area contributed by atoms with Gasteiger partial charge in [-0.2, -0.15) is 0 Å². The number of morpholine rings is 1. The SMILES string of the molecule is CCC(C)(CNC(=O)c1sc(NC(=O)C(C)(C)C)cc1C)N1CCOCC1. The first kappa shape index (κ1) is 21.9. The first-order valence-electron chi connectivity index (χ1n) is 9.60. The van der Waals surface area contributed by atoms with Gasteiger partial charge in [-0.3, -0.25) is 14.5 Å². The van der Waals surface area contributed by atoms with Crippen LogP contribution >= 0.6 is 11.3 Å². The Bertz CT molecular complexity index is 675. The minimum atomic E-state index is -0.471. The minimum absolute atomic E-state index is 0.0541. The van der Waals surface area contributed by atoms with Gasteiger partial charge in [0, 0.05) is 30.6 Å². The van der Waals surface area contributed by atoms with Gasteiger partial charge in [0.1, 0.15) is 0 Å². The van der Waals surface area contributed by atoms with Gasteiger partial charge in [0.05, 0.1) is 23.1 Å². The molecule has 7 heteroatoms. The number of hydrogen-bond acceptors (Lipinski definition) is 5. The van der Waals surface area contributed by atoms with E-state index in [0.29, 0.717) is 16.4 Å². The Labute approximate surface area is 166 Å². The van der Waals surface area contributed by atoms with E-state index in [0.717, 1.165) is 38.3 Å². The highest BCUT2D eigenvalue weighted by atomic mass is 32.1. The third-order valence-corrected chi connectivity index (χ3v) is 6.36. The summed E-state index contributed by atoms with van der Waals surface area (Å²) in [5.41, 5.74) is 0.321. The molecule has 0 aliphatic carbocycles. The molecule has 152 valence electrons. The van der Waals surface area contributed by atoms with Crippen molar-refractivity contribution in [2.75, 3.05) is 38.2 Å². The van der Waals surface area contributed by atoms with Gasteiger partial charge in [-0.25, -0.2) is 0 Å². The molecule has 27 heavy (non-hydrogen) atoms. The predicted octanol–water partition coefficient (Wildman–Crippen LogP) is 3.27. The van der Waals surface area contributed by atoms with Crippen molar-refractivity contribution in [1.82, 2.24) is 10.2 Å². The van der Waals surface area contributed by atoms with E-state index in [1.807, 2.05) is 33.8 Å². The highest BCUT2D eigenvalue weighted by Gasteiger charge is 2.32. The molecule has 0 aromatic carbocycles. The van der Waals surface area contributed by atoms with E-state index in [1.165, 1.54) is 11.3 Å². The number of amides is 2. The van der Waals surface area contributed by atoms with E-state index in [9.17, 15) is 9.59 Å². The van der Waals surface area contributed by atoms with Crippen molar-refractivity contribution in [3.05, 3.63) is 16.5 Å². The number of carbonyl (C=O) groups is 2. The molecule has 0 radical (unpaired) electrons. The topological polar surface area (TPSA) is 70.7 Å². The molecule has 1 unspecified atom stereocenters. The second-order valence-corrected chi connectivity index (χ2v) is 9.51. The number of aryl methyl sites for hydroxylation is 1.